The standard InChI is InChI=1S/C10H19N3O4.3Ac/c1-10(2,3)9-8(16)7(15)6(14)5(17-9)4-12-13-11;;;/h5-9,14-16H,4H2,1-3H3;;;/t5-,6-,7+,8-,9-;;;/m1.../s1. The summed E-state index contributed by atoms with van der Waals surface area (Å²) in [5, 5.41) is 32.6. The number of aliphatic hydroxyl groups excluding tert-OH is 3. The van der Waals surface area contributed by atoms with E-state index in [-0.39, 0.29) is 139 Å². The monoisotopic (exact) mass is 926 g/mol. The predicted molar refractivity (Wildman–Crippen MR) is 60.1 cm³/mol. The fraction of sp³-hybridized carbons (Fsp3) is 1.00. The SMILES string of the molecule is CC(C)(C)[C@@H]1O[C@H](CN=[N+]=[N-])[C@@H](O)[C@H](O)[C@H]1O.[Ac].[Ac].[Ac]. The van der Waals surface area contributed by atoms with E-state index in [1.165, 1.54) is 0 Å². The number of hydrogen-bond acceptors (Lipinski definition) is 5. The smallest absolute Gasteiger partial charge is 0.111 e. The van der Waals surface area contributed by atoms with Gasteiger partial charge in [-0.25, -0.2) is 0 Å². The van der Waals surface area contributed by atoms with Gasteiger partial charge in [0.2, 0.25) is 0 Å². The van der Waals surface area contributed by atoms with Crippen molar-refractivity contribution in [1.82, 2.24) is 0 Å². The number of nitrogens with zero attached hydrogens (tertiary/aromatic N) is 3. The van der Waals surface area contributed by atoms with Crippen molar-refractivity contribution >= 4 is 0 Å². The van der Waals surface area contributed by atoms with E-state index in [0.29, 0.717) is 0 Å². The molecule has 1 rings (SSSR count). The summed E-state index contributed by atoms with van der Waals surface area (Å²) in [5.74, 6) is 0. The molecule has 0 spiro atoms. The zero-order chi connectivity index (χ0) is 13.2. The van der Waals surface area contributed by atoms with Gasteiger partial charge in [-0.15, -0.1) is 0 Å². The van der Waals surface area contributed by atoms with Crippen molar-refractivity contribution < 1.29 is 152 Å². The van der Waals surface area contributed by atoms with E-state index in [1.807, 2.05) is 20.8 Å². The summed E-state index contributed by atoms with van der Waals surface area (Å²) in [5.41, 5.74) is 7.84. The van der Waals surface area contributed by atoms with Crippen LogP contribution in [0.2, 0.25) is 0 Å². The minimum Gasteiger partial charge on any atom is -0.388 e. The third-order valence-corrected chi connectivity index (χ3v) is 2.89. The van der Waals surface area contributed by atoms with E-state index >= 15 is 0 Å². The van der Waals surface area contributed by atoms with Crippen molar-refractivity contribution in [2.75, 3.05) is 6.54 Å². The Labute approximate surface area is 226 Å². The molecule has 0 aromatic carbocycles. The van der Waals surface area contributed by atoms with Crippen molar-refractivity contribution in [1.29, 1.82) is 0 Å². The molecule has 1 fully saturated rings. The van der Waals surface area contributed by atoms with Gasteiger partial charge in [-0.3, -0.25) is 0 Å². The van der Waals surface area contributed by atoms with Gasteiger partial charge in [0.15, 0.2) is 0 Å². The summed E-state index contributed by atoms with van der Waals surface area (Å²) in [6, 6.07) is 0. The molecule has 0 aromatic rings. The van der Waals surface area contributed by atoms with Gasteiger partial charge in [0.1, 0.15) is 18.3 Å². The van der Waals surface area contributed by atoms with E-state index < -0.39 is 35.9 Å². The van der Waals surface area contributed by atoms with Crippen LogP contribution < -0.4 is 0 Å². The normalized spacial score (nSPS) is 32.8. The maximum Gasteiger partial charge on any atom is 0.111 e. The number of ether oxygens (including phenoxy) is 1. The first-order valence-electron chi connectivity index (χ1n) is 5.49. The first kappa shape index (κ1) is 28.3. The number of azide groups is 1. The molecule has 1 saturated heterocycles. The molecule has 0 amide bonds. The molecule has 5 atom stereocenters. The molecule has 0 bridgehead atoms. The Hall–Kier alpha value is 3.47. The first-order chi connectivity index (χ1) is 7.79. The average Bonchev–Trinajstić information content (AvgIpc) is 2.23. The van der Waals surface area contributed by atoms with Crippen molar-refractivity contribution in [2.24, 2.45) is 10.5 Å². The van der Waals surface area contributed by atoms with Crippen molar-refractivity contribution in [3.63, 3.8) is 0 Å². The second kappa shape index (κ2) is 12.8. The summed E-state index contributed by atoms with van der Waals surface area (Å²) < 4.78 is 5.52. The third-order valence-electron chi connectivity index (χ3n) is 2.89. The molecular weight excluding hydrogens is 907 g/mol. The van der Waals surface area contributed by atoms with Gasteiger partial charge in [-0.05, 0) is 10.9 Å². The minimum atomic E-state index is -1.30. The molecule has 3 radical (unpaired) electrons. The van der Waals surface area contributed by atoms with Crippen molar-refractivity contribution in [3.8, 4) is 0 Å². The molecule has 3 N–H and O–H groups in total. The zero-order valence-corrected chi connectivity index (χ0v) is 26.2. The summed E-state index contributed by atoms with van der Waals surface area (Å²) in [6.45, 7) is 5.50. The van der Waals surface area contributed by atoms with Crippen LogP contribution >= 0.6 is 0 Å². The Morgan fingerprint density at radius 1 is 1.05 bits per heavy atom. The molecular formula is C10H19Ac3N3O4. The predicted octanol–water partition coefficient (Wildman–Crippen LogP) is 0.193. The number of aliphatic hydroxyl groups is 3. The van der Waals surface area contributed by atoms with Crippen LogP contribution in [-0.2, 0) is 4.74 Å². The van der Waals surface area contributed by atoms with Gasteiger partial charge in [0.25, 0.3) is 0 Å². The third kappa shape index (κ3) is 8.03. The van der Waals surface area contributed by atoms with E-state index in [2.05, 4.69) is 10.0 Å². The summed E-state index contributed by atoms with van der Waals surface area (Å²) >= 11 is 0. The quantitative estimate of drug-likeness (QED) is 0.209. The van der Waals surface area contributed by atoms with Gasteiger partial charge < -0.3 is 20.1 Å². The second-order valence-corrected chi connectivity index (χ2v) is 5.35. The largest absolute Gasteiger partial charge is 0.388 e. The molecule has 1 heterocycles. The Bertz CT molecular complexity index is 323. The first-order valence-corrected chi connectivity index (χ1v) is 5.49. The summed E-state index contributed by atoms with van der Waals surface area (Å²) in [4.78, 5) is 2.59. The molecule has 0 unspecified atom stereocenters. The van der Waals surface area contributed by atoms with Crippen molar-refractivity contribution in [2.45, 2.75) is 51.3 Å². The van der Waals surface area contributed by atoms with Gasteiger partial charge >= 0.3 is 0 Å². The van der Waals surface area contributed by atoms with E-state index in [1.54, 1.807) is 0 Å². The maximum atomic E-state index is 9.85. The summed E-state index contributed by atoms with van der Waals surface area (Å²) in [7, 11) is 0. The van der Waals surface area contributed by atoms with Crippen LogP contribution in [0.3, 0.4) is 0 Å². The van der Waals surface area contributed by atoms with Crippen LogP contribution in [-0.4, -0.2) is 52.4 Å². The average molecular weight is 926 g/mol. The van der Waals surface area contributed by atoms with Crippen LogP contribution in [0.4, 0.5) is 0 Å². The van der Waals surface area contributed by atoms with Crippen LogP contribution in [0.25, 0.3) is 10.4 Å². The molecule has 1 aliphatic heterocycles. The van der Waals surface area contributed by atoms with E-state index in [4.69, 9.17) is 10.3 Å². The van der Waals surface area contributed by atoms with Gasteiger partial charge in [-0.1, -0.05) is 25.9 Å². The summed E-state index contributed by atoms with van der Waals surface area (Å²) in [6.07, 6.45) is -5.14. The Morgan fingerprint density at radius 3 is 1.95 bits per heavy atom. The second-order valence-electron chi connectivity index (χ2n) is 5.35. The van der Waals surface area contributed by atoms with E-state index in [0.717, 1.165) is 0 Å². The molecule has 0 saturated carbocycles. The Balaban J connectivity index is -0.000000963. The maximum absolute atomic E-state index is 9.85. The molecule has 0 aliphatic carbocycles. The Morgan fingerprint density at radius 2 is 1.55 bits per heavy atom. The number of hydrogen-bond donors (Lipinski definition) is 3. The molecule has 1 aliphatic rings. The molecule has 0 aromatic heterocycles. The van der Waals surface area contributed by atoms with Gasteiger partial charge in [0, 0.05) is 137 Å². The zero-order valence-electron chi connectivity index (χ0n) is 11.9. The van der Waals surface area contributed by atoms with E-state index in [9.17, 15) is 15.3 Å². The molecule has 10 heteroatoms. The van der Waals surface area contributed by atoms with Crippen molar-refractivity contribution in [3.05, 3.63) is 10.4 Å². The van der Waals surface area contributed by atoms with Crippen LogP contribution in [0.1, 0.15) is 20.8 Å². The minimum absolute atomic E-state index is 0. The fourth-order valence-electron chi connectivity index (χ4n) is 1.93. The van der Waals surface area contributed by atoms with Gasteiger partial charge in [-0.2, -0.15) is 0 Å². The van der Waals surface area contributed by atoms with Crippen LogP contribution in [0.15, 0.2) is 5.11 Å². The Kier molecular flexibility index (Phi) is 18.1. The van der Waals surface area contributed by atoms with Crippen LogP contribution in [0, 0.1) is 138 Å². The van der Waals surface area contributed by atoms with Crippen LogP contribution in [0.5, 0.6) is 0 Å². The van der Waals surface area contributed by atoms with Gasteiger partial charge in [0.05, 0.1) is 18.8 Å². The fourth-order valence-corrected chi connectivity index (χ4v) is 1.93. The number of rotatable bonds is 2. The topological polar surface area (TPSA) is 119 Å². The molecule has 107 valence electrons. The molecule has 7 nitrogen and oxygen atoms in total. The molecule has 20 heavy (non-hydrogen) atoms.